The Morgan fingerprint density at radius 1 is 1.06 bits per heavy atom. The van der Waals surface area contributed by atoms with Gasteiger partial charge in [0.1, 0.15) is 6.29 Å². The van der Waals surface area contributed by atoms with E-state index < -0.39 is 18.3 Å². The van der Waals surface area contributed by atoms with E-state index >= 15 is 0 Å². The first-order chi connectivity index (χ1) is 15.1. The van der Waals surface area contributed by atoms with Gasteiger partial charge in [0.25, 0.3) is 0 Å². The van der Waals surface area contributed by atoms with Crippen molar-refractivity contribution >= 4 is 36.1 Å². The van der Waals surface area contributed by atoms with Crippen molar-refractivity contribution in [2.75, 3.05) is 14.2 Å². The van der Waals surface area contributed by atoms with Crippen molar-refractivity contribution in [3.05, 3.63) is 63.9 Å². The van der Waals surface area contributed by atoms with E-state index in [-0.39, 0.29) is 0 Å². The average Bonchev–Trinajstić information content (AvgIpc) is 2.87. The van der Waals surface area contributed by atoms with Crippen LogP contribution in [0.1, 0.15) is 67.6 Å². The zero-order valence-electron chi connectivity index (χ0n) is 19.7. The summed E-state index contributed by atoms with van der Waals surface area (Å²) >= 11 is 6.55. The number of hydrogen-bond donors (Lipinski definition) is 0. The van der Waals surface area contributed by atoms with E-state index in [0.29, 0.717) is 10.6 Å². The van der Waals surface area contributed by atoms with Crippen LogP contribution in [0, 0.1) is 0 Å². The van der Waals surface area contributed by atoms with Gasteiger partial charge in [-0.3, -0.25) is 9.78 Å². The van der Waals surface area contributed by atoms with Crippen molar-refractivity contribution < 1.29 is 18.8 Å². The minimum absolute atomic E-state index is 0.451. The average molecular weight is 456 g/mol. The summed E-state index contributed by atoms with van der Waals surface area (Å²) in [7, 11) is 2.73. The summed E-state index contributed by atoms with van der Waals surface area (Å²) in [5.41, 5.74) is 5.06. The summed E-state index contributed by atoms with van der Waals surface area (Å²) in [5.74, 6) is 0. The lowest BCUT2D eigenvalue weighted by Gasteiger charge is -2.32. The minimum Gasteiger partial charge on any atom is -0.399 e. The molecule has 32 heavy (non-hydrogen) atoms. The second-order valence-corrected chi connectivity index (χ2v) is 9.54. The molecule has 1 aromatic heterocycles. The SMILES string of the molecule is CC1(C)OB(C2=C(c3ccncc3Cl)CCCc3cc(C=O)ccc32)OC1(C)C.COC. The predicted molar refractivity (Wildman–Crippen MR) is 130 cm³/mol. The number of halogens is 1. The Kier molecular flexibility index (Phi) is 7.61. The van der Waals surface area contributed by atoms with Crippen LogP contribution in [0.15, 0.2) is 36.7 Å². The number of hydrogen-bond acceptors (Lipinski definition) is 5. The van der Waals surface area contributed by atoms with Gasteiger partial charge >= 0.3 is 7.12 Å². The molecule has 170 valence electrons. The van der Waals surface area contributed by atoms with Crippen LogP contribution in [0.5, 0.6) is 0 Å². The maximum absolute atomic E-state index is 11.3. The molecule has 2 heterocycles. The fraction of sp³-hybridized carbons (Fsp3) is 0.440. The lowest BCUT2D eigenvalue weighted by molar-refractivity contribution is 0.00578. The maximum Gasteiger partial charge on any atom is 0.495 e. The number of carbonyl (C=O) groups is 1. The van der Waals surface area contributed by atoms with E-state index in [2.05, 4.69) is 37.4 Å². The second-order valence-electron chi connectivity index (χ2n) is 9.13. The number of aromatic nitrogens is 1. The zero-order valence-corrected chi connectivity index (χ0v) is 20.5. The molecule has 1 aliphatic heterocycles. The molecule has 0 unspecified atom stereocenters. The third kappa shape index (κ3) is 4.84. The lowest BCUT2D eigenvalue weighted by atomic mass is 9.69. The Hall–Kier alpha value is -1.99. The Bertz CT molecular complexity index is 1000. The first-order valence-corrected chi connectivity index (χ1v) is 11.2. The van der Waals surface area contributed by atoms with Crippen LogP contribution in [0.25, 0.3) is 11.0 Å². The highest BCUT2D eigenvalue weighted by Crippen LogP contribution is 2.46. The van der Waals surface area contributed by atoms with Crippen molar-refractivity contribution in [3.63, 3.8) is 0 Å². The molecule has 5 nitrogen and oxygen atoms in total. The van der Waals surface area contributed by atoms with E-state index in [1.165, 1.54) is 0 Å². The fourth-order valence-electron chi connectivity index (χ4n) is 4.04. The maximum atomic E-state index is 11.3. The summed E-state index contributed by atoms with van der Waals surface area (Å²) in [6, 6.07) is 7.80. The van der Waals surface area contributed by atoms with Crippen LogP contribution in [-0.4, -0.2) is 43.8 Å². The highest BCUT2D eigenvalue weighted by molar-refractivity contribution is 6.71. The Morgan fingerprint density at radius 3 is 2.31 bits per heavy atom. The first kappa shape index (κ1) is 24.7. The molecule has 0 atom stereocenters. The van der Waals surface area contributed by atoms with Crippen molar-refractivity contribution in [2.24, 2.45) is 0 Å². The van der Waals surface area contributed by atoms with E-state index in [1.54, 1.807) is 26.6 Å². The Morgan fingerprint density at radius 2 is 1.72 bits per heavy atom. The molecule has 7 heteroatoms. The topological polar surface area (TPSA) is 57.7 Å². The smallest absolute Gasteiger partial charge is 0.399 e. The molecule has 0 bridgehead atoms. The number of nitrogens with zero attached hydrogens (tertiary/aromatic N) is 1. The standard InChI is InChI=1S/C23H25BClNO3.C2H6O/c1-22(2)23(3,4)29-24(28-22)21-17-9-8-15(14-27)12-16(17)6-5-7-19(21)18-10-11-26-13-20(18)25;1-3-2/h8-14H,5-7H2,1-4H3;1-2H3. The van der Waals surface area contributed by atoms with E-state index in [9.17, 15) is 4.79 Å². The Balaban J connectivity index is 0.000000913. The Labute approximate surface area is 196 Å². The number of pyridine rings is 1. The summed E-state index contributed by atoms with van der Waals surface area (Å²) < 4.78 is 17.2. The third-order valence-corrected chi connectivity index (χ3v) is 6.64. The number of ether oxygens (including phenoxy) is 1. The molecule has 1 saturated heterocycles. The number of aldehydes is 1. The molecule has 0 spiro atoms. The third-order valence-electron chi connectivity index (χ3n) is 6.34. The lowest BCUT2D eigenvalue weighted by Crippen LogP contribution is -2.41. The molecule has 0 saturated carbocycles. The van der Waals surface area contributed by atoms with Crippen molar-refractivity contribution in [1.82, 2.24) is 4.98 Å². The highest BCUT2D eigenvalue weighted by Gasteiger charge is 2.53. The minimum atomic E-state index is -0.516. The molecule has 4 rings (SSSR count). The molecular weight excluding hydrogens is 425 g/mol. The predicted octanol–water partition coefficient (Wildman–Crippen LogP) is 5.69. The van der Waals surface area contributed by atoms with Gasteiger partial charge < -0.3 is 14.0 Å². The first-order valence-electron chi connectivity index (χ1n) is 10.8. The number of rotatable bonds is 3. The molecule has 0 amide bonds. The van der Waals surface area contributed by atoms with Gasteiger partial charge in [-0.1, -0.05) is 23.7 Å². The van der Waals surface area contributed by atoms with Crippen LogP contribution in [0.3, 0.4) is 0 Å². The number of aryl methyl sites for hydroxylation is 1. The highest BCUT2D eigenvalue weighted by atomic mass is 35.5. The molecule has 1 fully saturated rings. The molecular formula is C25H31BClNO4. The van der Waals surface area contributed by atoms with Gasteiger partial charge in [0.2, 0.25) is 0 Å². The number of allylic oxidation sites excluding steroid dienone is 1. The van der Waals surface area contributed by atoms with Crippen LogP contribution >= 0.6 is 11.6 Å². The normalized spacial score (nSPS) is 19.0. The van der Waals surface area contributed by atoms with Crippen LogP contribution in [0.4, 0.5) is 0 Å². The fourth-order valence-corrected chi connectivity index (χ4v) is 4.27. The largest absolute Gasteiger partial charge is 0.495 e. The number of benzene rings is 1. The number of fused-ring (bicyclic) bond motifs is 1. The monoisotopic (exact) mass is 455 g/mol. The summed E-state index contributed by atoms with van der Waals surface area (Å²) in [4.78, 5) is 15.5. The van der Waals surface area contributed by atoms with Crippen LogP contribution in [0.2, 0.25) is 5.02 Å². The summed E-state index contributed by atoms with van der Waals surface area (Å²) in [6.07, 6.45) is 7.00. The van der Waals surface area contributed by atoms with Crippen molar-refractivity contribution in [1.29, 1.82) is 0 Å². The van der Waals surface area contributed by atoms with Gasteiger partial charge in [0, 0.05) is 32.2 Å². The van der Waals surface area contributed by atoms with Gasteiger partial charge in [-0.15, -0.1) is 0 Å². The summed E-state index contributed by atoms with van der Waals surface area (Å²) in [5, 5.41) is 0.615. The van der Waals surface area contributed by atoms with Crippen LogP contribution < -0.4 is 0 Å². The van der Waals surface area contributed by atoms with E-state index in [4.69, 9.17) is 20.9 Å². The number of carbonyl (C=O) groups excluding carboxylic acids is 1. The van der Waals surface area contributed by atoms with Gasteiger partial charge in [-0.25, -0.2) is 0 Å². The molecule has 0 radical (unpaired) electrons. The molecule has 0 N–H and O–H groups in total. The van der Waals surface area contributed by atoms with E-state index in [1.807, 2.05) is 24.3 Å². The second kappa shape index (κ2) is 9.88. The van der Waals surface area contributed by atoms with Gasteiger partial charge in [0.15, 0.2) is 0 Å². The molecule has 2 aliphatic rings. The summed E-state index contributed by atoms with van der Waals surface area (Å²) in [6.45, 7) is 8.22. The molecule has 2 aromatic rings. The van der Waals surface area contributed by atoms with Gasteiger partial charge in [-0.2, -0.15) is 0 Å². The van der Waals surface area contributed by atoms with E-state index in [0.717, 1.165) is 53.3 Å². The van der Waals surface area contributed by atoms with Gasteiger partial charge in [0.05, 0.1) is 16.2 Å². The van der Waals surface area contributed by atoms with Crippen LogP contribution in [-0.2, 0) is 20.5 Å². The van der Waals surface area contributed by atoms with Crippen molar-refractivity contribution in [3.8, 4) is 0 Å². The number of methoxy groups -OCH3 is 1. The van der Waals surface area contributed by atoms with Gasteiger partial charge in [-0.05, 0) is 86.8 Å². The quantitative estimate of drug-likeness (QED) is 0.439. The zero-order chi connectivity index (χ0) is 23.5. The molecule has 1 aromatic carbocycles. The van der Waals surface area contributed by atoms with Crippen molar-refractivity contribution in [2.45, 2.75) is 58.2 Å². The molecule has 1 aliphatic carbocycles.